The monoisotopic (exact) mass is 388 g/mol. The Hall–Kier alpha value is -3.79. The lowest BCUT2D eigenvalue weighted by atomic mass is 9.89. The Balaban J connectivity index is 1.69. The summed E-state index contributed by atoms with van der Waals surface area (Å²) in [5.74, 6) is 0.690. The molecule has 5 aromatic rings. The standard InChI is InChI=1S/C26H20N4/c1-26(2)23-19(12-8-15-27-23)22-18-11-6-7-13-21(18)30(24(22)26)25-28-16-14-20(29-25)17-9-4-3-5-10-17/h3-16H,1-2H3. The molecule has 0 spiro atoms. The first kappa shape index (κ1) is 17.1. The molecule has 0 amide bonds. The number of hydrogen-bond donors (Lipinski definition) is 0. The van der Waals surface area contributed by atoms with E-state index in [1.807, 2.05) is 42.7 Å². The Labute approximate surface area is 174 Å². The van der Waals surface area contributed by atoms with Gasteiger partial charge in [0.25, 0.3) is 0 Å². The molecule has 4 heteroatoms. The van der Waals surface area contributed by atoms with Crippen molar-refractivity contribution in [2.24, 2.45) is 0 Å². The molecule has 0 unspecified atom stereocenters. The lowest BCUT2D eigenvalue weighted by molar-refractivity contribution is 0.599. The summed E-state index contributed by atoms with van der Waals surface area (Å²) in [7, 11) is 0. The van der Waals surface area contributed by atoms with Crippen LogP contribution in [-0.2, 0) is 5.41 Å². The highest BCUT2D eigenvalue weighted by Gasteiger charge is 2.42. The number of aromatic nitrogens is 4. The zero-order valence-electron chi connectivity index (χ0n) is 16.9. The van der Waals surface area contributed by atoms with Crippen LogP contribution in [0, 0.1) is 0 Å². The minimum Gasteiger partial charge on any atom is -0.281 e. The molecule has 0 aliphatic heterocycles. The van der Waals surface area contributed by atoms with Crippen molar-refractivity contribution in [1.82, 2.24) is 19.5 Å². The van der Waals surface area contributed by atoms with E-state index in [0.29, 0.717) is 5.95 Å². The lowest BCUT2D eigenvalue weighted by Gasteiger charge is -2.22. The third-order valence-corrected chi connectivity index (χ3v) is 6.05. The summed E-state index contributed by atoms with van der Waals surface area (Å²) in [5.41, 5.74) is 7.61. The Morgan fingerprint density at radius 3 is 2.43 bits per heavy atom. The van der Waals surface area contributed by atoms with E-state index in [1.54, 1.807) is 0 Å². The molecule has 144 valence electrons. The minimum absolute atomic E-state index is 0.253. The van der Waals surface area contributed by atoms with Crippen LogP contribution in [0.25, 0.3) is 39.2 Å². The van der Waals surface area contributed by atoms with Gasteiger partial charge < -0.3 is 0 Å². The Morgan fingerprint density at radius 2 is 1.57 bits per heavy atom. The van der Waals surface area contributed by atoms with Crippen LogP contribution in [0.1, 0.15) is 25.2 Å². The number of para-hydroxylation sites is 1. The summed E-state index contributed by atoms with van der Waals surface area (Å²) in [5, 5.41) is 1.21. The topological polar surface area (TPSA) is 43.6 Å². The first-order valence-corrected chi connectivity index (χ1v) is 10.1. The molecule has 0 fully saturated rings. The first-order valence-electron chi connectivity index (χ1n) is 10.1. The largest absolute Gasteiger partial charge is 0.281 e. The van der Waals surface area contributed by atoms with Gasteiger partial charge in [0.05, 0.1) is 16.9 Å². The van der Waals surface area contributed by atoms with Gasteiger partial charge in [0.1, 0.15) is 0 Å². The van der Waals surface area contributed by atoms with Crippen molar-refractivity contribution in [2.75, 3.05) is 0 Å². The van der Waals surface area contributed by atoms with Gasteiger partial charge in [-0.25, -0.2) is 9.97 Å². The van der Waals surface area contributed by atoms with Crippen molar-refractivity contribution in [3.63, 3.8) is 0 Å². The van der Waals surface area contributed by atoms with Crippen LogP contribution in [0.5, 0.6) is 0 Å². The van der Waals surface area contributed by atoms with Crippen molar-refractivity contribution >= 4 is 10.9 Å². The Kier molecular flexibility index (Phi) is 3.48. The molecule has 0 N–H and O–H groups in total. The predicted octanol–water partition coefficient (Wildman–Crippen LogP) is 5.79. The molecule has 0 atom stereocenters. The second kappa shape index (κ2) is 6.10. The normalized spacial score (nSPS) is 13.9. The molecule has 1 aliphatic carbocycles. The maximum atomic E-state index is 4.97. The van der Waals surface area contributed by atoms with Gasteiger partial charge in [-0.1, -0.05) is 54.6 Å². The highest BCUT2D eigenvalue weighted by atomic mass is 15.2. The van der Waals surface area contributed by atoms with Gasteiger partial charge in [0.15, 0.2) is 0 Å². The SMILES string of the molecule is CC1(C)c2ncccc2-c2c1n(-c1nccc(-c3ccccc3)n1)c1ccccc21. The zero-order chi connectivity index (χ0) is 20.3. The molecule has 4 nitrogen and oxygen atoms in total. The smallest absolute Gasteiger partial charge is 0.234 e. The van der Waals surface area contributed by atoms with Gasteiger partial charge in [0.2, 0.25) is 5.95 Å². The highest BCUT2D eigenvalue weighted by molar-refractivity contribution is 6.02. The summed E-state index contributed by atoms with van der Waals surface area (Å²) >= 11 is 0. The van der Waals surface area contributed by atoms with Gasteiger partial charge in [-0.05, 0) is 32.0 Å². The molecule has 1 aliphatic rings. The second-order valence-corrected chi connectivity index (χ2v) is 8.21. The maximum Gasteiger partial charge on any atom is 0.234 e. The van der Waals surface area contributed by atoms with Crippen LogP contribution < -0.4 is 0 Å². The van der Waals surface area contributed by atoms with Crippen LogP contribution >= 0.6 is 0 Å². The molecule has 0 saturated heterocycles. The first-order chi connectivity index (χ1) is 14.7. The van der Waals surface area contributed by atoms with Gasteiger partial charge >= 0.3 is 0 Å². The third kappa shape index (κ3) is 2.25. The van der Waals surface area contributed by atoms with Crippen molar-refractivity contribution in [2.45, 2.75) is 19.3 Å². The van der Waals surface area contributed by atoms with Gasteiger partial charge in [-0.3, -0.25) is 9.55 Å². The van der Waals surface area contributed by atoms with Crippen LogP contribution in [-0.4, -0.2) is 19.5 Å². The van der Waals surface area contributed by atoms with E-state index in [-0.39, 0.29) is 5.41 Å². The Morgan fingerprint density at radius 1 is 0.767 bits per heavy atom. The van der Waals surface area contributed by atoms with Crippen LogP contribution in [0.2, 0.25) is 0 Å². The highest BCUT2D eigenvalue weighted by Crippen LogP contribution is 2.52. The van der Waals surface area contributed by atoms with E-state index in [2.05, 4.69) is 60.9 Å². The Bertz CT molecular complexity index is 1410. The number of rotatable bonds is 2. The number of benzene rings is 2. The van der Waals surface area contributed by atoms with Crippen molar-refractivity contribution < 1.29 is 0 Å². The number of nitrogens with zero attached hydrogens (tertiary/aromatic N) is 4. The van der Waals surface area contributed by atoms with Crippen LogP contribution in [0.15, 0.2) is 85.2 Å². The van der Waals surface area contributed by atoms with E-state index in [9.17, 15) is 0 Å². The minimum atomic E-state index is -0.253. The van der Waals surface area contributed by atoms with E-state index < -0.39 is 0 Å². The molecule has 6 rings (SSSR count). The maximum absolute atomic E-state index is 4.97. The van der Waals surface area contributed by atoms with E-state index in [0.717, 1.165) is 22.5 Å². The lowest BCUT2D eigenvalue weighted by Crippen LogP contribution is -2.21. The van der Waals surface area contributed by atoms with Crippen molar-refractivity contribution in [3.8, 4) is 28.3 Å². The number of hydrogen-bond acceptors (Lipinski definition) is 3. The molecular formula is C26H20N4. The quantitative estimate of drug-likeness (QED) is 0.384. The van der Waals surface area contributed by atoms with Gasteiger partial charge in [-0.15, -0.1) is 0 Å². The number of fused-ring (bicyclic) bond motifs is 5. The fourth-order valence-electron chi connectivity index (χ4n) is 4.76. The summed E-state index contributed by atoms with van der Waals surface area (Å²) in [6, 6.07) is 24.9. The average Bonchev–Trinajstić information content (AvgIpc) is 3.26. The predicted molar refractivity (Wildman–Crippen MR) is 120 cm³/mol. The second-order valence-electron chi connectivity index (χ2n) is 8.21. The van der Waals surface area contributed by atoms with Gasteiger partial charge in [0, 0.05) is 45.6 Å². The van der Waals surface area contributed by atoms with Crippen molar-refractivity contribution in [1.29, 1.82) is 0 Å². The van der Waals surface area contributed by atoms with Crippen LogP contribution in [0.3, 0.4) is 0 Å². The van der Waals surface area contributed by atoms with Gasteiger partial charge in [-0.2, -0.15) is 0 Å². The summed E-state index contributed by atoms with van der Waals surface area (Å²) < 4.78 is 2.22. The molecule has 2 aromatic carbocycles. The molecule has 0 radical (unpaired) electrons. The molecule has 0 bridgehead atoms. The fourth-order valence-corrected chi connectivity index (χ4v) is 4.76. The number of pyridine rings is 1. The average molecular weight is 388 g/mol. The molecule has 3 heterocycles. The van der Waals surface area contributed by atoms with E-state index >= 15 is 0 Å². The van der Waals surface area contributed by atoms with Crippen molar-refractivity contribution in [3.05, 3.63) is 96.6 Å². The summed E-state index contributed by atoms with van der Waals surface area (Å²) in [6.45, 7) is 4.47. The third-order valence-electron chi connectivity index (χ3n) is 6.05. The summed E-state index contributed by atoms with van der Waals surface area (Å²) in [6.07, 6.45) is 3.73. The zero-order valence-corrected chi connectivity index (χ0v) is 16.9. The van der Waals surface area contributed by atoms with E-state index in [4.69, 9.17) is 15.0 Å². The summed E-state index contributed by atoms with van der Waals surface area (Å²) in [4.78, 5) is 14.4. The van der Waals surface area contributed by atoms with Crippen LogP contribution in [0.4, 0.5) is 0 Å². The molecular weight excluding hydrogens is 368 g/mol. The fraction of sp³-hybridized carbons (Fsp3) is 0.115. The molecule has 3 aromatic heterocycles. The molecule has 0 saturated carbocycles. The van der Waals surface area contributed by atoms with E-state index in [1.165, 1.54) is 22.2 Å². The molecule has 30 heavy (non-hydrogen) atoms.